The van der Waals surface area contributed by atoms with Gasteiger partial charge in [-0.15, -0.1) is 11.3 Å². The summed E-state index contributed by atoms with van der Waals surface area (Å²) in [5.41, 5.74) is 0. The summed E-state index contributed by atoms with van der Waals surface area (Å²) in [5.74, 6) is 0. The van der Waals surface area contributed by atoms with Crippen molar-refractivity contribution in [2.75, 3.05) is 19.6 Å². The number of likely N-dealkylation sites (N-methyl/N-ethyl adjacent to an activating group) is 1. The van der Waals surface area contributed by atoms with Crippen LogP contribution in [-0.4, -0.2) is 29.6 Å². The highest BCUT2D eigenvalue weighted by molar-refractivity contribution is 9.11. The topological polar surface area (TPSA) is 23.5 Å². The third-order valence-corrected chi connectivity index (χ3v) is 3.97. The molecule has 0 amide bonds. The molecule has 0 bridgehead atoms. The average molecular weight is 278 g/mol. The number of rotatable bonds is 5. The summed E-state index contributed by atoms with van der Waals surface area (Å²) in [4.78, 5) is 3.25. The largest absolute Gasteiger partial charge is 0.386 e. The Morgan fingerprint density at radius 2 is 2.07 bits per heavy atom. The van der Waals surface area contributed by atoms with Gasteiger partial charge in [0.25, 0.3) is 0 Å². The standard InChI is InChI=1S/C10H16BrNOS/c1-3-12(4-2)7-8(13)9-5-6-10(11)14-9/h5-6,8,13H,3-4,7H2,1-2H3. The summed E-state index contributed by atoms with van der Waals surface area (Å²) in [5, 5.41) is 9.91. The highest BCUT2D eigenvalue weighted by Gasteiger charge is 2.12. The highest BCUT2D eigenvalue weighted by atomic mass is 79.9. The highest BCUT2D eigenvalue weighted by Crippen LogP contribution is 2.27. The summed E-state index contributed by atoms with van der Waals surface area (Å²) in [7, 11) is 0. The van der Waals surface area contributed by atoms with Crippen molar-refractivity contribution < 1.29 is 5.11 Å². The van der Waals surface area contributed by atoms with Crippen LogP contribution in [-0.2, 0) is 0 Å². The molecule has 1 atom stereocenters. The third-order valence-electron chi connectivity index (χ3n) is 2.25. The second kappa shape index (κ2) is 5.85. The molecule has 1 rings (SSSR count). The van der Waals surface area contributed by atoms with Gasteiger partial charge >= 0.3 is 0 Å². The second-order valence-electron chi connectivity index (χ2n) is 3.14. The van der Waals surface area contributed by atoms with Gasteiger partial charge < -0.3 is 10.0 Å². The van der Waals surface area contributed by atoms with E-state index >= 15 is 0 Å². The average Bonchev–Trinajstić information content (AvgIpc) is 2.61. The fourth-order valence-corrected chi connectivity index (χ4v) is 2.72. The zero-order valence-corrected chi connectivity index (χ0v) is 10.9. The Labute approximate surface area is 97.7 Å². The molecule has 0 fully saturated rings. The molecular weight excluding hydrogens is 262 g/mol. The number of hydrogen-bond donors (Lipinski definition) is 1. The van der Waals surface area contributed by atoms with Gasteiger partial charge in [0.15, 0.2) is 0 Å². The van der Waals surface area contributed by atoms with Crippen LogP contribution in [0.4, 0.5) is 0 Å². The van der Waals surface area contributed by atoms with Crippen molar-refractivity contribution in [2.24, 2.45) is 0 Å². The number of hydrogen-bond acceptors (Lipinski definition) is 3. The normalized spacial score (nSPS) is 13.5. The van der Waals surface area contributed by atoms with Crippen molar-refractivity contribution in [1.29, 1.82) is 0 Å². The van der Waals surface area contributed by atoms with Crippen LogP contribution in [0.15, 0.2) is 15.9 Å². The summed E-state index contributed by atoms with van der Waals surface area (Å²) >= 11 is 4.99. The summed E-state index contributed by atoms with van der Waals surface area (Å²) in [6, 6.07) is 3.95. The first-order chi connectivity index (χ1) is 6.67. The number of thiophene rings is 1. The SMILES string of the molecule is CCN(CC)CC(O)c1ccc(Br)s1. The van der Waals surface area contributed by atoms with Crippen LogP contribution < -0.4 is 0 Å². The monoisotopic (exact) mass is 277 g/mol. The van der Waals surface area contributed by atoms with Crippen LogP contribution in [0.3, 0.4) is 0 Å². The zero-order valence-electron chi connectivity index (χ0n) is 8.53. The Hall–Kier alpha value is 0.1000. The Balaban J connectivity index is 2.53. The van der Waals surface area contributed by atoms with Crippen molar-refractivity contribution in [3.63, 3.8) is 0 Å². The Bertz CT molecular complexity index is 273. The molecule has 2 nitrogen and oxygen atoms in total. The summed E-state index contributed by atoms with van der Waals surface area (Å²) < 4.78 is 1.08. The van der Waals surface area contributed by atoms with Crippen molar-refractivity contribution >= 4 is 27.3 Å². The lowest BCUT2D eigenvalue weighted by Gasteiger charge is -2.20. The number of aliphatic hydroxyl groups is 1. The smallest absolute Gasteiger partial charge is 0.101 e. The molecule has 0 aliphatic heterocycles. The summed E-state index contributed by atoms with van der Waals surface area (Å²) in [6.07, 6.45) is -0.355. The predicted octanol–water partition coefficient (Wildman–Crippen LogP) is 2.89. The third kappa shape index (κ3) is 3.35. The quantitative estimate of drug-likeness (QED) is 0.895. The molecule has 4 heteroatoms. The van der Waals surface area contributed by atoms with Crippen molar-refractivity contribution in [3.05, 3.63) is 20.8 Å². The van der Waals surface area contributed by atoms with Gasteiger partial charge in [0.05, 0.1) is 3.79 Å². The first kappa shape index (κ1) is 12.2. The van der Waals surface area contributed by atoms with Crippen LogP contribution in [0.5, 0.6) is 0 Å². The van der Waals surface area contributed by atoms with Gasteiger partial charge in [-0.3, -0.25) is 0 Å². The minimum absolute atomic E-state index is 0.355. The van der Waals surface area contributed by atoms with E-state index in [1.165, 1.54) is 0 Å². The number of aliphatic hydroxyl groups excluding tert-OH is 1. The molecule has 1 unspecified atom stereocenters. The Kier molecular flexibility index (Phi) is 5.09. The van der Waals surface area contributed by atoms with E-state index in [0.717, 1.165) is 28.3 Å². The molecule has 1 aromatic rings. The van der Waals surface area contributed by atoms with Gasteiger partial charge in [0.2, 0.25) is 0 Å². The van der Waals surface area contributed by atoms with Crippen molar-refractivity contribution in [2.45, 2.75) is 20.0 Å². The molecule has 1 heterocycles. The number of nitrogens with zero attached hydrogens (tertiary/aromatic N) is 1. The van der Waals surface area contributed by atoms with E-state index in [0.29, 0.717) is 0 Å². The van der Waals surface area contributed by atoms with E-state index < -0.39 is 0 Å². The molecule has 1 aromatic heterocycles. The molecule has 80 valence electrons. The van der Waals surface area contributed by atoms with Gasteiger partial charge in [-0.1, -0.05) is 13.8 Å². The van der Waals surface area contributed by atoms with Crippen LogP contribution in [0.25, 0.3) is 0 Å². The van der Waals surface area contributed by atoms with Crippen LogP contribution in [0, 0.1) is 0 Å². The van der Waals surface area contributed by atoms with Gasteiger partial charge in [-0.05, 0) is 41.2 Å². The van der Waals surface area contributed by atoms with E-state index in [9.17, 15) is 5.11 Å². The fourth-order valence-electron chi connectivity index (χ4n) is 1.32. The Morgan fingerprint density at radius 3 is 2.50 bits per heavy atom. The molecule has 0 spiro atoms. The van der Waals surface area contributed by atoms with Gasteiger partial charge in [-0.2, -0.15) is 0 Å². The first-order valence-corrected chi connectivity index (χ1v) is 6.44. The van der Waals surface area contributed by atoms with Crippen LogP contribution >= 0.6 is 27.3 Å². The van der Waals surface area contributed by atoms with Gasteiger partial charge in [-0.25, -0.2) is 0 Å². The number of halogens is 1. The molecular formula is C10H16BrNOS. The van der Waals surface area contributed by atoms with Crippen molar-refractivity contribution in [3.8, 4) is 0 Å². The molecule has 14 heavy (non-hydrogen) atoms. The predicted molar refractivity (Wildman–Crippen MR) is 64.8 cm³/mol. The zero-order chi connectivity index (χ0) is 10.6. The minimum Gasteiger partial charge on any atom is -0.386 e. The molecule has 0 saturated carbocycles. The molecule has 1 N–H and O–H groups in total. The summed E-state index contributed by atoms with van der Waals surface area (Å²) in [6.45, 7) is 6.92. The first-order valence-electron chi connectivity index (χ1n) is 4.83. The minimum atomic E-state index is -0.355. The lowest BCUT2D eigenvalue weighted by Crippen LogP contribution is -2.27. The van der Waals surface area contributed by atoms with E-state index in [2.05, 4.69) is 34.7 Å². The molecule has 0 aromatic carbocycles. The van der Waals surface area contributed by atoms with E-state index in [1.807, 2.05) is 12.1 Å². The fraction of sp³-hybridized carbons (Fsp3) is 0.600. The van der Waals surface area contributed by atoms with Crippen LogP contribution in [0.1, 0.15) is 24.8 Å². The molecule has 0 aliphatic rings. The molecule has 0 radical (unpaired) electrons. The van der Waals surface area contributed by atoms with Gasteiger partial charge in [0.1, 0.15) is 6.10 Å². The maximum Gasteiger partial charge on any atom is 0.101 e. The maximum absolute atomic E-state index is 9.91. The van der Waals surface area contributed by atoms with E-state index in [4.69, 9.17) is 0 Å². The maximum atomic E-state index is 9.91. The van der Waals surface area contributed by atoms with Gasteiger partial charge in [0, 0.05) is 11.4 Å². The molecule has 0 saturated heterocycles. The van der Waals surface area contributed by atoms with E-state index in [-0.39, 0.29) is 6.10 Å². The Morgan fingerprint density at radius 1 is 1.43 bits per heavy atom. The lowest BCUT2D eigenvalue weighted by atomic mass is 10.2. The lowest BCUT2D eigenvalue weighted by molar-refractivity contribution is 0.122. The van der Waals surface area contributed by atoms with Crippen molar-refractivity contribution in [1.82, 2.24) is 4.90 Å². The van der Waals surface area contributed by atoms with Crippen LogP contribution in [0.2, 0.25) is 0 Å². The second-order valence-corrected chi connectivity index (χ2v) is 5.64. The van der Waals surface area contributed by atoms with E-state index in [1.54, 1.807) is 11.3 Å². The molecule has 0 aliphatic carbocycles.